The van der Waals surface area contributed by atoms with E-state index in [2.05, 4.69) is 10.3 Å². The van der Waals surface area contributed by atoms with Gasteiger partial charge in [-0.3, -0.25) is 14.4 Å². The Morgan fingerprint density at radius 3 is 2.18 bits per heavy atom. The second kappa shape index (κ2) is 9.44. The molecule has 168 valence electrons. The van der Waals surface area contributed by atoms with Crippen LogP contribution in [0, 0.1) is 0 Å². The zero-order chi connectivity index (χ0) is 23.4. The van der Waals surface area contributed by atoms with Crippen molar-refractivity contribution in [2.45, 2.75) is 20.4 Å². The molecule has 0 unspecified atom stereocenters. The second-order valence-corrected chi connectivity index (χ2v) is 7.22. The third-order valence-electron chi connectivity index (χ3n) is 5.04. The van der Waals surface area contributed by atoms with Crippen molar-refractivity contribution in [1.82, 2.24) is 9.55 Å². The van der Waals surface area contributed by atoms with E-state index in [0.29, 0.717) is 46.9 Å². The SMILES string of the molecule is CCOc1ccc(Oc2ccc(NC(=O)c3ccc4c(c3)[nH]c(=O)c(=O)n4CC)cc2)cc1. The first-order valence-corrected chi connectivity index (χ1v) is 10.6. The maximum Gasteiger partial charge on any atom is 0.316 e. The molecular weight excluding hydrogens is 422 g/mol. The zero-order valence-electron chi connectivity index (χ0n) is 18.3. The number of benzene rings is 3. The molecular formula is C25H23N3O5. The lowest BCUT2D eigenvalue weighted by Crippen LogP contribution is -2.36. The molecule has 0 saturated heterocycles. The molecule has 0 atom stereocenters. The van der Waals surface area contributed by atoms with Gasteiger partial charge >= 0.3 is 11.1 Å². The van der Waals surface area contributed by atoms with E-state index in [-0.39, 0.29) is 5.91 Å². The molecule has 3 aromatic carbocycles. The van der Waals surface area contributed by atoms with E-state index in [4.69, 9.17) is 9.47 Å². The number of rotatable bonds is 7. The van der Waals surface area contributed by atoms with Gasteiger partial charge in [0.15, 0.2) is 0 Å². The van der Waals surface area contributed by atoms with Crippen molar-refractivity contribution < 1.29 is 14.3 Å². The summed E-state index contributed by atoms with van der Waals surface area (Å²) in [6.07, 6.45) is 0. The average Bonchev–Trinajstić information content (AvgIpc) is 2.82. The predicted molar refractivity (Wildman–Crippen MR) is 127 cm³/mol. The first kappa shape index (κ1) is 21.9. The summed E-state index contributed by atoms with van der Waals surface area (Å²) >= 11 is 0. The van der Waals surface area contributed by atoms with Crippen LogP contribution in [0.4, 0.5) is 5.69 Å². The molecule has 1 aromatic heterocycles. The fraction of sp³-hybridized carbons (Fsp3) is 0.160. The molecule has 4 rings (SSSR count). The van der Waals surface area contributed by atoms with Gasteiger partial charge in [-0.25, -0.2) is 0 Å². The molecule has 0 aliphatic heterocycles. The summed E-state index contributed by atoms with van der Waals surface area (Å²) in [6, 6.07) is 19.1. The highest BCUT2D eigenvalue weighted by Crippen LogP contribution is 2.25. The third kappa shape index (κ3) is 4.79. The number of nitrogens with one attached hydrogen (secondary N) is 2. The van der Waals surface area contributed by atoms with E-state index in [0.717, 1.165) is 5.75 Å². The summed E-state index contributed by atoms with van der Waals surface area (Å²) in [4.78, 5) is 39.1. The number of aromatic nitrogens is 2. The number of aryl methyl sites for hydroxylation is 1. The fourth-order valence-corrected chi connectivity index (χ4v) is 3.45. The van der Waals surface area contributed by atoms with Gasteiger partial charge in [-0.15, -0.1) is 0 Å². The quantitative estimate of drug-likeness (QED) is 0.416. The van der Waals surface area contributed by atoms with Gasteiger partial charge in [0.25, 0.3) is 5.91 Å². The number of amides is 1. The number of hydrogen-bond donors (Lipinski definition) is 2. The van der Waals surface area contributed by atoms with Crippen molar-refractivity contribution >= 4 is 22.6 Å². The Morgan fingerprint density at radius 2 is 1.55 bits per heavy atom. The molecule has 0 radical (unpaired) electrons. The molecule has 0 spiro atoms. The summed E-state index contributed by atoms with van der Waals surface area (Å²) in [5.74, 6) is 1.73. The lowest BCUT2D eigenvalue weighted by molar-refractivity contribution is 0.102. The number of nitrogens with zero attached hydrogens (tertiary/aromatic N) is 1. The van der Waals surface area contributed by atoms with Crippen LogP contribution in [0.15, 0.2) is 76.3 Å². The van der Waals surface area contributed by atoms with Crippen molar-refractivity contribution in [3.8, 4) is 17.2 Å². The van der Waals surface area contributed by atoms with E-state index >= 15 is 0 Å². The van der Waals surface area contributed by atoms with Crippen LogP contribution in [0.3, 0.4) is 0 Å². The lowest BCUT2D eigenvalue weighted by Gasteiger charge is -2.10. The van der Waals surface area contributed by atoms with Crippen molar-refractivity contribution in [3.63, 3.8) is 0 Å². The molecule has 1 amide bonds. The molecule has 0 saturated carbocycles. The topological polar surface area (TPSA) is 102 Å². The average molecular weight is 445 g/mol. The number of anilines is 1. The Morgan fingerprint density at radius 1 is 0.909 bits per heavy atom. The van der Waals surface area contributed by atoms with Crippen LogP contribution in [0.2, 0.25) is 0 Å². The molecule has 0 aliphatic rings. The Kier molecular flexibility index (Phi) is 6.26. The number of aromatic amines is 1. The Bertz CT molecular complexity index is 1400. The predicted octanol–water partition coefficient (Wildman–Crippen LogP) is 4.15. The number of carbonyl (C=O) groups excluding carboxylic acids is 1. The van der Waals surface area contributed by atoms with Gasteiger partial charge in [0.1, 0.15) is 17.2 Å². The number of hydrogen-bond acceptors (Lipinski definition) is 5. The minimum atomic E-state index is -0.718. The van der Waals surface area contributed by atoms with Crippen molar-refractivity contribution in [1.29, 1.82) is 0 Å². The molecule has 0 bridgehead atoms. The van der Waals surface area contributed by atoms with Crippen LogP contribution in [0.1, 0.15) is 24.2 Å². The smallest absolute Gasteiger partial charge is 0.316 e. The van der Waals surface area contributed by atoms with Crippen LogP contribution in [-0.4, -0.2) is 22.1 Å². The van der Waals surface area contributed by atoms with Crippen molar-refractivity contribution in [3.05, 3.63) is 93.0 Å². The number of carbonyl (C=O) groups is 1. The van der Waals surface area contributed by atoms with E-state index in [1.165, 1.54) is 4.57 Å². The van der Waals surface area contributed by atoms with E-state index in [9.17, 15) is 14.4 Å². The van der Waals surface area contributed by atoms with Gasteiger partial charge in [0, 0.05) is 17.8 Å². The highest BCUT2D eigenvalue weighted by Gasteiger charge is 2.11. The van der Waals surface area contributed by atoms with Crippen LogP contribution in [-0.2, 0) is 6.54 Å². The minimum Gasteiger partial charge on any atom is -0.494 e. The van der Waals surface area contributed by atoms with Gasteiger partial charge < -0.3 is 24.3 Å². The minimum absolute atomic E-state index is 0.341. The Labute approximate surface area is 189 Å². The monoisotopic (exact) mass is 445 g/mol. The van der Waals surface area contributed by atoms with Crippen molar-refractivity contribution in [2.24, 2.45) is 0 Å². The summed E-state index contributed by atoms with van der Waals surface area (Å²) in [7, 11) is 0. The van der Waals surface area contributed by atoms with Gasteiger partial charge in [0.05, 0.1) is 17.6 Å². The Balaban J connectivity index is 1.47. The summed E-state index contributed by atoms with van der Waals surface area (Å²) < 4.78 is 12.6. The number of fused-ring (bicyclic) bond motifs is 1. The highest BCUT2D eigenvalue weighted by atomic mass is 16.5. The first-order chi connectivity index (χ1) is 16.0. The standard InChI is InChI=1S/C25H23N3O5/c1-3-28-22-14-5-16(15-21(22)27-24(30)25(28)31)23(29)26-17-6-8-19(9-7-17)33-20-12-10-18(11-13-20)32-4-2/h5-15H,3-4H2,1-2H3,(H,26,29)(H,27,30). The van der Waals surface area contributed by atoms with Gasteiger partial charge in [-0.2, -0.15) is 0 Å². The van der Waals surface area contributed by atoms with Gasteiger partial charge in [-0.1, -0.05) is 0 Å². The number of ether oxygens (including phenoxy) is 2. The van der Waals surface area contributed by atoms with E-state index in [1.54, 1.807) is 49.4 Å². The normalized spacial score (nSPS) is 10.7. The van der Waals surface area contributed by atoms with Crippen molar-refractivity contribution in [2.75, 3.05) is 11.9 Å². The van der Waals surface area contributed by atoms with E-state index in [1.807, 2.05) is 31.2 Å². The molecule has 0 fully saturated rings. The first-order valence-electron chi connectivity index (χ1n) is 10.6. The summed E-state index contributed by atoms with van der Waals surface area (Å²) in [5.41, 5.74) is 0.600. The van der Waals surface area contributed by atoms with Crippen LogP contribution < -0.4 is 25.9 Å². The fourth-order valence-electron chi connectivity index (χ4n) is 3.45. The van der Waals surface area contributed by atoms with Gasteiger partial charge in [0.2, 0.25) is 0 Å². The third-order valence-corrected chi connectivity index (χ3v) is 5.04. The molecule has 2 N–H and O–H groups in total. The summed E-state index contributed by atoms with van der Waals surface area (Å²) in [5, 5.41) is 2.82. The highest BCUT2D eigenvalue weighted by molar-refractivity contribution is 6.05. The Hall–Kier alpha value is -4.33. The molecule has 8 heteroatoms. The van der Waals surface area contributed by atoms with Crippen LogP contribution in [0.25, 0.3) is 11.0 Å². The molecule has 33 heavy (non-hydrogen) atoms. The molecule has 1 heterocycles. The van der Waals surface area contributed by atoms with E-state index < -0.39 is 11.1 Å². The van der Waals surface area contributed by atoms with Crippen LogP contribution in [0.5, 0.6) is 17.2 Å². The second-order valence-electron chi connectivity index (χ2n) is 7.22. The summed E-state index contributed by atoms with van der Waals surface area (Å²) in [6.45, 7) is 4.67. The molecule has 0 aliphatic carbocycles. The molecule has 8 nitrogen and oxygen atoms in total. The number of H-pyrrole nitrogens is 1. The van der Waals surface area contributed by atoms with Gasteiger partial charge in [-0.05, 0) is 80.6 Å². The maximum atomic E-state index is 12.7. The largest absolute Gasteiger partial charge is 0.494 e. The van der Waals surface area contributed by atoms with Crippen LogP contribution >= 0.6 is 0 Å². The molecule has 4 aromatic rings. The lowest BCUT2D eigenvalue weighted by atomic mass is 10.1. The maximum absolute atomic E-state index is 12.7. The zero-order valence-corrected chi connectivity index (χ0v) is 18.3.